The number of methoxy groups -OCH3 is 2. The van der Waals surface area contributed by atoms with Crippen molar-refractivity contribution in [3.63, 3.8) is 0 Å². The van der Waals surface area contributed by atoms with Gasteiger partial charge in [-0.3, -0.25) is 0 Å². The normalized spacial score (nSPS) is 10.0. The Balaban J connectivity index is 2.97. The average Bonchev–Trinajstić information content (AvgIpc) is 2.18. The minimum Gasteiger partial charge on any atom is -0.495 e. The summed E-state index contributed by atoms with van der Waals surface area (Å²) in [5, 5.41) is 0.684. The van der Waals surface area contributed by atoms with E-state index in [1.165, 1.54) is 0 Å². The summed E-state index contributed by atoms with van der Waals surface area (Å²) in [4.78, 5) is 1.92. The van der Waals surface area contributed by atoms with Crippen molar-refractivity contribution >= 4 is 17.3 Å². The van der Waals surface area contributed by atoms with E-state index in [0.717, 1.165) is 11.4 Å². The highest BCUT2D eigenvalue weighted by Gasteiger charge is 2.07. The molecule has 0 saturated carbocycles. The molecule has 0 atom stereocenters. The van der Waals surface area contributed by atoms with E-state index in [-0.39, 0.29) is 0 Å². The first kappa shape index (κ1) is 11.1. The SMILES string of the molecule is COCN(C)c1cc(Cl)ccc1OC. The summed E-state index contributed by atoms with van der Waals surface area (Å²) >= 11 is 5.89. The van der Waals surface area contributed by atoms with E-state index < -0.39 is 0 Å². The van der Waals surface area contributed by atoms with Crippen LogP contribution in [-0.4, -0.2) is 28.0 Å². The number of nitrogens with zero attached hydrogens (tertiary/aromatic N) is 1. The van der Waals surface area contributed by atoms with Gasteiger partial charge in [0, 0.05) is 19.2 Å². The molecule has 1 rings (SSSR count). The van der Waals surface area contributed by atoms with Crippen LogP contribution in [0.15, 0.2) is 18.2 Å². The van der Waals surface area contributed by atoms with Gasteiger partial charge in [-0.15, -0.1) is 0 Å². The third kappa shape index (κ3) is 2.53. The molecule has 0 fully saturated rings. The lowest BCUT2D eigenvalue weighted by molar-refractivity contribution is 0.201. The molecular weight excluding hydrogens is 202 g/mol. The highest BCUT2D eigenvalue weighted by atomic mass is 35.5. The fraction of sp³-hybridized carbons (Fsp3) is 0.400. The third-order valence-corrected chi connectivity index (χ3v) is 2.11. The molecule has 0 amide bonds. The number of hydrogen-bond acceptors (Lipinski definition) is 3. The van der Waals surface area contributed by atoms with E-state index in [1.54, 1.807) is 20.3 Å². The first-order chi connectivity index (χ1) is 6.69. The molecule has 0 aromatic heterocycles. The lowest BCUT2D eigenvalue weighted by Gasteiger charge is -2.20. The molecule has 0 radical (unpaired) electrons. The van der Waals surface area contributed by atoms with Crippen molar-refractivity contribution in [2.24, 2.45) is 0 Å². The van der Waals surface area contributed by atoms with Gasteiger partial charge in [0.05, 0.1) is 12.8 Å². The van der Waals surface area contributed by atoms with E-state index in [0.29, 0.717) is 11.8 Å². The van der Waals surface area contributed by atoms with Gasteiger partial charge in [-0.2, -0.15) is 0 Å². The van der Waals surface area contributed by atoms with E-state index in [1.807, 2.05) is 24.1 Å². The number of rotatable bonds is 4. The zero-order chi connectivity index (χ0) is 10.6. The van der Waals surface area contributed by atoms with Crippen LogP contribution in [0.4, 0.5) is 5.69 Å². The first-order valence-electron chi connectivity index (χ1n) is 4.22. The van der Waals surface area contributed by atoms with Crippen LogP contribution < -0.4 is 9.64 Å². The largest absolute Gasteiger partial charge is 0.495 e. The highest BCUT2D eigenvalue weighted by molar-refractivity contribution is 6.30. The fourth-order valence-electron chi connectivity index (χ4n) is 1.22. The molecule has 3 nitrogen and oxygen atoms in total. The molecule has 0 aliphatic carbocycles. The fourth-order valence-corrected chi connectivity index (χ4v) is 1.39. The summed E-state index contributed by atoms with van der Waals surface area (Å²) in [6, 6.07) is 5.48. The minimum absolute atomic E-state index is 0.497. The maximum Gasteiger partial charge on any atom is 0.142 e. The van der Waals surface area contributed by atoms with Crippen molar-refractivity contribution in [1.29, 1.82) is 0 Å². The van der Waals surface area contributed by atoms with Crippen LogP contribution in [0.5, 0.6) is 5.75 Å². The van der Waals surface area contributed by atoms with Gasteiger partial charge in [0.2, 0.25) is 0 Å². The maximum absolute atomic E-state index is 5.89. The van der Waals surface area contributed by atoms with E-state index in [2.05, 4.69) is 0 Å². The molecule has 4 heteroatoms. The topological polar surface area (TPSA) is 21.7 Å². The van der Waals surface area contributed by atoms with Gasteiger partial charge in [0.25, 0.3) is 0 Å². The van der Waals surface area contributed by atoms with Crippen molar-refractivity contribution in [3.05, 3.63) is 23.2 Å². The van der Waals surface area contributed by atoms with Gasteiger partial charge in [-0.05, 0) is 18.2 Å². The summed E-state index contributed by atoms with van der Waals surface area (Å²) in [7, 11) is 5.19. The Kier molecular flexibility index (Phi) is 4.04. The molecule has 0 heterocycles. The average molecular weight is 216 g/mol. The van der Waals surface area contributed by atoms with Crippen molar-refractivity contribution in [1.82, 2.24) is 0 Å². The van der Waals surface area contributed by atoms with Crippen LogP contribution in [0, 0.1) is 0 Å². The predicted octanol–water partition coefficient (Wildman–Crippen LogP) is 2.39. The number of anilines is 1. The Bertz CT molecular complexity index is 304. The van der Waals surface area contributed by atoms with Gasteiger partial charge in [0.1, 0.15) is 12.5 Å². The van der Waals surface area contributed by atoms with Crippen molar-refractivity contribution in [2.45, 2.75) is 0 Å². The third-order valence-electron chi connectivity index (χ3n) is 1.87. The van der Waals surface area contributed by atoms with E-state index >= 15 is 0 Å². The summed E-state index contributed by atoms with van der Waals surface area (Å²) in [5.74, 6) is 0.786. The number of hydrogen-bond donors (Lipinski definition) is 0. The lowest BCUT2D eigenvalue weighted by atomic mass is 10.3. The molecule has 14 heavy (non-hydrogen) atoms. The second-order valence-corrected chi connectivity index (χ2v) is 3.37. The molecule has 0 aliphatic rings. The molecular formula is C10H14ClNO2. The first-order valence-corrected chi connectivity index (χ1v) is 4.60. The van der Waals surface area contributed by atoms with Crippen LogP contribution in [0.2, 0.25) is 5.02 Å². The van der Waals surface area contributed by atoms with Crippen LogP contribution in [0.25, 0.3) is 0 Å². The molecule has 78 valence electrons. The Hall–Kier alpha value is -0.930. The molecule has 0 saturated heterocycles. The predicted molar refractivity (Wildman–Crippen MR) is 58.3 cm³/mol. The van der Waals surface area contributed by atoms with Crippen molar-refractivity contribution < 1.29 is 9.47 Å². The zero-order valence-corrected chi connectivity index (χ0v) is 9.34. The van der Waals surface area contributed by atoms with Crippen LogP contribution in [-0.2, 0) is 4.74 Å². The zero-order valence-electron chi connectivity index (χ0n) is 8.58. The monoisotopic (exact) mass is 215 g/mol. The van der Waals surface area contributed by atoms with E-state index in [4.69, 9.17) is 21.1 Å². The summed E-state index contributed by atoms with van der Waals surface area (Å²) in [6.07, 6.45) is 0. The number of halogens is 1. The Morgan fingerprint density at radius 3 is 2.64 bits per heavy atom. The standard InChI is InChI=1S/C10H14ClNO2/c1-12(7-13-2)9-6-8(11)4-5-10(9)14-3/h4-6H,7H2,1-3H3. The second-order valence-electron chi connectivity index (χ2n) is 2.93. The van der Waals surface area contributed by atoms with Crippen LogP contribution >= 0.6 is 11.6 Å². The van der Waals surface area contributed by atoms with Crippen molar-refractivity contribution in [3.8, 4) is 5.75 Å². The van der Waals surface area contributed by atoms with Gasteiger partial charge in [-0.25, -0.2) is 0 Å². The van der Waals surface area contributed by atoms with Crippen LogP contribution in [0.3, 0.4) is 0 Å². The van der Waals surface area contributed by atoms with Gasteiger partial charge >= 0.3 is 0 Å². The lowest BCUT2D eigenvalue weighted by Crippen LogP contribution is -2.20. The number of benzene rings is 1. The maximum atomic E-state index is 5.89. The quantitative estimate of drug-likeness (QED) is 0.720. The molecule has 1 aromatic rings. The smallest absolute Gasteiger partial charge is 0.142 e. The Labute approximate surface area is 89.2 Å². The molecule has 0 N–H and O–H groups in total. The second kappa shape index (κ2) is 5.08. The molecule has 1 aromatic carbocycles. The molecule has 0 spiro atoms. The van der Waals surface area contributed by atoms with E-state index in [9.17, 15) is 0 Å². The Morgan fingerprint density at radius 2 is 2.07 bits per heavy atom. The van der Waals surface area contributed by atoms with Gasteiger partial charge in [-0.1, -0.05) is 11.6 Å². The minimum atomic E-state index is 0.497. The summed E-state index contributed by atoms with van der Waals surface area (Å²) < 4.78 is 10.2. The summed E-state index contributed by atoms with van der Waals surface area (Å²) in [5.41, 5.74) is 0.918. The molecule has 0 unspecified atom stereocenters. The van der Waals surface area contributed by atoms with Gasteiger partial charge in [0.15, 0.2) is 0 Å². The summed E-state index contributed by atoms with van der Waals surface area (Å²) in [6.45, 7) is 0.497. The Morgan fingerprint density at radius 1 is 1.36 bits per heavy atom. The van der Waals surface area contributed by atoms with Crippen LogP contribution in [0.1, 0.15) is 0 Å². The molecule has 0 aliphatic heterocycles. The van der Waals surface area contributed by atoms with Crippen molar-refractivity contribution in [2.75, 3.05) is 32.9 Å². The molecule has 0 bridgehead atoms. The number of ether oxygens (including phenoxy) is 2. The van der Waals surface area contributed by atoms with Gasteiger partial charge < -0.3 is 14.4 Å². The highest BCUT2D eigenvalue weighted by Crippen LogP contribution is 2.30.